The molecule has 0 amide bonds. The minimum atomic E-state index is -0.733. The van der Waals surface area contributed by atoms with E-state index < -0.39 is 11.8 Å². The zero-order valence-electron chi connectivity index (χ0n) is 10.7. The predicted octanol–water partition coefficient (Wildman–Crippen LogP) is 2.22. The number of carbonyl (C=O) groups is 2. The van der Waals surface area contributed by atoms with Crippen LogP contribution in [0.25, 0.3) is 0 Å². The van der Waals surface area contributed by atoms with E-state index in [-0.39, 0.29) is 23.2 Å². The number of hydrogen-bond donors (Lipinski definition) is 0. The average molecular weight is 320 g/mol. The highest BCUT2D eigenvalue weighted by Crippen LogP contribution is 2.32. The molecule has 0 heterocycles. The maximum absolute atomic E-state index is 11.6. The molecule has 0 saturated heterocycles. The van der Waals surface area contributed by atoms with Crippen LogP contribution in [-0.2, 0) is 19.2 Å². The molecular formula is C12H18BrNO4. The highest BCUT2D eigenvalue weighted by molar-refractivity contribution is 9.09. The fourth-order valence-electron chi connectivity index (χ4n) is 1.83. The number of nitrogens with zero attached hydrogens (tertiary/aromatic N) is 1. The first-order chi connectivity index (χ1) is 8.52. The SMILES string of the molecule is CCOC(=O)C(=NOC1(C)CCCC1)C(=O)CBr. The number of ketones is 1. The number of halogens is 1. The van der Waals surface area contributed by atoms with Crippen LogP contribution in [-0.4, -0.2) is 35.0 Å². The Kier molecular flexibility index (Phi) is 5.78. The lowest BCUT2D eigenvalue weighted by atomic mass is 10.1. The lowest BCUT2D eigenvalue weighted by Gasteiger charge is -2.20. The van der Waals surface area contributed by atoms with E-state index in [4.69, 9.17) is 9.57 Å². The van der Waals surface area contributed by atoms with Gasteiger partial charge in [-0.3, -0.25) is 4.79 Å². The summed E-state index contributed by atoms with van der Waals surface area (Å²) in [6, 6.07) is 0. The van der Waals surface area contributed by atoms with E-state index in [1.807, 2.05) is 6.92 Å². The molecule has 0 radical (unpaired) electrons. The van der Waals surface area contributed by atoms with Crippen LogP contribution >= 0.6 is 15.9 Å². The molecule has 18 heavy (non-hydrogen) atoms. The molecule has 1 fully saturated rings. The van der Waals surface area contributed by atoms with E-state index in [1.165, 1.54) is 0 Å². The second-order valence-electron chi connectivity index (χ2n) is 4.47. The first-order valence-electron chi connectivity index (χ1n) is 6.05. The Bertz CT molecular complexity index is 348. The summed E-state index contributed by atoms with van der Waals surface area (Å²) in [5.74, 6) is -1.17. The maximum atomic E-state index is 11.6. The largest absolute Gasteiger partial charge is 0.461 e. The van der Waals surface area contributed by atoms with E-state index >= 15 is 0 Å². The summed E-state index contributed by atoms with van der Waals surface area (Å²) >= 11 is 3.01. The third kappa shape index (κ3) is 4.08. The standard InChI is InChI=1S/C12H18BrNO4/c1-3-17-11(16)10(9(15)8-13)14-18-12(2)6-4-5-7-12/h3-8H2,1-2H3. The molecule has 102 valence electrons. The average Bonchev–Trinajstić information content (AvgIpc) is 2.76. The van der Waals surface area contributed by atoms with Crippen molar-refractivity contribution in [1.29, 1.82) is 0 Å². The van der Waals surface area contributed by atoms with Crippen molar-refractivity contribution in [1.82, 2.24) is 0 Å². The first-order valence-corrected chi connectivity index (χ1v) is 7.17. The Morgan fingerprint density at radius 2 is 1.94 bits per heavy atom. The summed E-state index contributed by atoms with van der Waals surface area (Å²) in [7, 11) is 0. The van der Waals surface area contributed by atoms with Gasteiger partial charge in [0.05, 0.1) is 11.9 Å². The van der Waals surface area contributed by atoms with E-state index in [1.54, 1.807) is 6.92 Å². The number of rotatable bonds is 6. The van der Waals surface area contributed by atoms with Gasteiger partial charge in [-0.1, -0.05) is 21.1 Å². The Morgan fingerprint density at radius 3 is 2.44 bits per heavy atom. The number of hydrogen-bond acceptors (Lipinski definition) is 5. The van der Waals surface area contributed by atoms with Crippen molar-refractivity contribution in [2.75, 3.05) is 11.9 Å². The van der Waals surface area contributed by atoms with Crippen molar-refractivity contribution in [3.63, 3.8) is 0 Å². The Labute approximate surface area is 115 Å². The van der Waals surface area contributed by atoms with Crippen LogP contribution in [0.1, 0.15) is 39.5 Å². The van der Waals surface area contributed by atoms with Crippen molar-refractivity contribution in [3.05, 3.63) is 0 Å². The van der Waals surface area contributed by atoms with Gasteiger partial charge >= 0.3 is 5.97 Å². The molecule has 0 atom stereocenters. The van der Waals surface area contributed by atoms with E-state index in [0.717, 1.165) is 25.7 Å². The van der Waals surface area contributed by atoms with Gasteiger partial charge in [-0.25, -0.2) is 4.79 Å². The van der Waals surface area contributed by atoms with E-state index in [0.29, 0.717) is 0 Å². The van der Waals surface area contributed by atoms with Gasteiger partial charge in [-0.15, -0.1) is 0 Å². The van der Waals surface area contributed by atoms with Crippen molar-refractivity contribution in [2.45, 2.75) is 45.1 Å². The second kappa shape index (κ2) is 6.87. The van der Waals surface area contributed by atoms with Gasteiger partial charge in [0.1, 0.15) is 5.60 Å². The molecule has 0 N–H and O–H groups in total. The van der Waals surface area contributed by atoms with Crippen LogP contribution in [0.15, 0.2) is 5.16 Å². The monoisotopic (exact) mass is 319 g/mol. The van der Waals surface area contributed by atoms with Crippen LogP contribution in [0.5, 0.6) is 0 Å². The first kappa shape index (κ1) is 15.1. The Morgan fingerprint density at radius 1 is 1.33 bits per heavy atom. The zero-order valence-corrected chi connectivity index (χ0v) is 12.3. The molecule has 0 aromatic heterocycles. The Hall–Kier alpha value is -0.910. The van der Waals surface area contributed by atoms with Gasteiger partial charge in [0, 0.05) is 0 Å². The molecule has 0 aromatic rings. The molecule has 0 aromatic carbocycles. The summed E-state index contributed by atoms with van der Waals surface area (Å²) < 4.78 is 4.78. The zero-order chi connectivity index (χ0) is 13.6. The lowest BCUT2D eigenvalue weighted by molar-refractivity contribution is -0.136. The van der Waals surface area contributed by atoms with Crippen LogP contribution in [0.3, 0.4) is 0 Å². The number of carbonyl (C=O) groups excluding carboxylic acids is 2. The summed E-state index contributed by atoms with van der Waals surface area (Å²) in [6.45, 7) is 3.81. The normalized spacial score (nSPS) is 18.5. The van der Waals surface area contributed by atoms with Gasteiger partial charge < -0.3 is 9.57 Å². The topological polar surface area (TPSA) is 65.0 Å². The highest BCUT2D eigenvalue weighted by Gasteiger charge is 2.32. The molecule has 1 aliphatic carbocycles. The summed E-state index contributed by atoms with van der Waals surface area (Å²) in [6.07, 6.45) is 3.92. The number of esters is 1. The second-order valence-corrected chi connectivity index (χ2v) is 5.03. The minimum Gasteiger partial charge on any atom is -0.461 e. The third-order valence-corrected chi connectivity index (χ3v) is 3.38. The van der Waals surface area contributed by atoms with Crippen molar-refractivity contribution < 1.29 is 19.2 Å². The molecular weight excluding hydrogens is 302 g/mol. The molecule has 0 bridgehead atoms. The number of oxime groups is 1. The summed E-state index contributed by atoms with van der Waals surface area (Å²) in [5.41, 5.74) is -0.647. The van der Waals surface area contributed by atoms with Gasteiger partial charge in [-0.05, 0) is 39.5 Å². The number of ether oxygens (including phenoxy) is 1. The highest BCUT2D eigenvalue weighted by atomic mass is 79.9. The van der Waals surface area contributed by atoms with Crippen LogP contribution < -0.4 is 0 Å². The van der Waals surface area contributed by atoms with E-state index in [2.05, 4.69) is 21.1 Å². The molecule has 0 unspecified atom stereocenters. The molecule has 1 rings (SSSR count). The van der Waals surface area contributed by atoms with Gasteiger partial charge in [0.2, 0.25) is 11.5 Å². The minimum absolute atomic E-state index is 0.0186. The van der Waals surface area contributed by atoms with Crippen LogP contribution in [0.4, 0.5) is 0 Å². The quantitative estimate of drug-likeness (QED) is 0.247. The molecule has 0 spiro atoms. The van der Waals surface area contributed by atoms with Crippen LogP contribution in [0, 0.1) is 0 Å². The fourth-order valence-corrected chi connectivity index (χ4v) is 2.10. The Balaban J connectivity index is 2.75. The molecule has 5 nitrogen and oxygen atoms in total. The molecule has 6 heteroatoms. The summed E-state index contributed by atoms with van der Waals surface area (Å²) in [4.78, 5) is 28.5. The third-order valence-electron chi connectivity index (χ3n) is 2.87. The van der Waals surface area contributed by atoms with Crippen molar-refractivity contribution >= 4 is 33.4 Å². The molecule has 1 saturated carbocycles. The molecule has 0 aliphatic heterocycles. The summed E-state index contributed by atoms with van der Waals surface area (Å²) in [5, 5.41) is 3.75. The fraction of sp³-hybridized carbons (Fsp3) is 0.750. The van der Waals surface area contributed by atoms with Gasteiger partial charge in [0.25, 0.3) is 0 Å². The molecule has 1 aliphatic rings. The maximum Gasteiger partial charge on any atom is 0.364 e. The number of alkyl halides is 1. The predicted molar refractivity (Wildman–Crippen MR) is 70.8 cm³/mol. The lowest BCUT2D eigenvalue weighted by Crippen LogP contribution is -2.30. The van der Waals surface area contributed by atoms with E-state index in [9.17, 15) is 9.59 Å². The van der Waals surface area contributed by atoms with Crippen molar-refractivity contribution in [2.24, 2.45) is 5.16 Å². The van der Waals surface area contributed by atoms with Gasteiger partial charge in [0.15, 0.2) is 0 Å². The number of Topliss-reactive ketones (excluding diaryl/α,β-unsaturated/α-hetero) is 1. The van der Waals surface area contributed by atoms with Crippen LogP contribution in [0.2, 0.25) is 0 Å². The van der Waals surface area contributed by atoms with Crippen molar-refractivity contribution in [3.8, 4) is 0 Å². The smallest absolute Gasteiger partial charge is 0.364 e. The van der Waals surface area contributed by atoms with Gasteiger partial charge in [-0.2, -0.15) is 0 Å².